The van der Waals surface area contributed by atoms with Crippen LogP contribution in [0, 0.1) is 20.8 Å². The minimum Gasteiger partial charge on any atom is -0.325 e. The van der Waals surface area contributed by atoms with E-state index >= 15 is 0 Å². The summed E-state index contributed by atoms with van der Waals surface area (Å²) in [5.74, 6) is 0.918. The molecule has 0 radical (unpaired) electrons. The van der Waals surface area contributed by atoms with E-state index in [0.29, 0.717) is 6.54 Å². The Morgan fingerprint density at radius 1 is 1.15 bits per heavy atom. The molecule has 3 rings (SSSR count). The van der Waals surface area contributed by atoms with Crippen LogP contribution < -0.4 is 5.73 Å². The molecule has 0 aliphatic heterocycles. The summed E-state index contributed by atoms with van der Waals surface area (Å²) < 4.78 is 2.01. The first kappa shape index (κ1) is 12.8. The summed E-state index contributed by atoms with van der Waals surface area (Å²) in [5.41, 5.74) is 12.2. The van der Waals surface area contributed by atoms with Gasteiger partial charge in [0.25, 0.3) is 0 Å². The van der Waals surface area contributed by atoms with Gasteiger partial charge in [0.1, 0.15) is 11.5 Å². The number of nitrogens with zero attached hydrogens (tertiary/aromatic N) is 3. The van der Waals surface area contributed by atoms with Crippen LogP contribution in [0.2, 0.25) is 0 Å². The van der Waals surface area contributed by atoms with Crippen LogP contribution in [-0.2, 0) is 6.54 Å². The Balaban J connectivity index is 2.33. The van der Waals surface area contributed by atoms with Gasteiger partial charge in [-0.2, -0.15) is 0 Å². The second-order valence-electron chi connectivity index (χ2n) is 5.17. The highest BCUT2D eigenvalue weighted by atomic mass is 15.1. The predicted molar refractivity (Wildman–Crippen MR) is 80.5 cm³/mol. The molecule has 0 aliphatic carbocycles. The molecule has 0 atom stereocenters. The van der Waals surface area contributed by atoms with Crippen LogP contribution in [0.3, 0.4) is 0 Å². The van der Waals surface area contributed by atoms with E-state index in [4.69, 9.17) is 5.73 Å². The Labute approximate surface area is 118 Å². The zero-order chi connectivity index (χ0) is 14.3. The van der Waals surface area contributed by atoms with Crippen molar-refractivity contribution in [1.82, 2.24) is 14.4 Å². The minimum atomic E-state index is 0.438. The molecule has 102 valence electrons. The normalized spacial score (nSPS) is 11.2. The number of hydrogen-bond acceptors (Lipinski definition) is 3. The average molecular weight is 266 g/mol. The second-order valence-corrected chi connectivity index (χ2v) is 5.17. The van der Waals surface area contributed by atoms with Gasteiger partial charge in [0, 0.05) is 24.5 Å². The lowest BCUT2D eigenvalue weighted by atomic mass is 10.0. The van der Waals surface area contributed by atoms with E-state index in [1.54, 1.807) is 0 Å². The number of imidazole rings is 1. The molecule has 0 aliphatic rings. The van der Waals surface area contributed by atoms with Gasteiger partial charge in [0.05, 0.1) is 5.69 Å². The van der Waals surface area contributed by atoms with Crippen LogP contribution in [-0.4, -0.2) is 14.4 Å². The fourth-order valence-electron chi connectivity index (χ4n) is 2.46. The summed E-state index contributed by atoms with van der Waals surface area (Å²) in [6.45, 7) is 6.62. The second kappa shape index (κ2) is 4.72. The molecular weight excluding hydrogens is 248 g/mol. The maximum Gasteiger partial charge on any atom is 0.147 e. The van der Waals surface area contributed by atoms with E-state index in [1.165, 1.54) is 16.7 Å². The molecule has 0 fully saturated rings. The Morgan fingerprint density at radius 3 is 2.70 bits per heavy atom. The van der Waals surface area contributed by atoms with Crippen molar-refractivity contribution in [1.29, 1.82) is 0 Å². The van der Waals surface area contributed by atoms with E-state index in [-0.39, 0.29) is 0 Å². The average Bonchev–Trinajstić information content (AvgIpc) is 2.87. The zero-order valence-corrected chi connectivity index (χ0v) is 12.0. The molecular formula is C16H18N4. The molecule has 0 saturated heterocycles. The van der Waals surface area contributed by atoms with Crippen molar-refractivity contribution < 1.29 is 0 Å². The van der Waals surface area contributed by atoms with Crippen molar-refractivity contribution in [3.63, 3.8) is 0 Å². The van der Waals surface area contributed by atoms with E-state index in [0.717, 1.165) is 22.7 Å². The first-order valence-corrected chi connectivity index (χ1v) is 6.71. The lowest BCUT2D eigenvalue weighted by molar-refractivity contribution is 0.979. The van der Waals surface area contributed by atoms with Crippen molar-refractivity contribution in [2.45, 2.75) is 27.3 Å². The molecule has 1 aromatic carbocycles. The van der Waals surface area contributed by atoms with Crippen LogP contribution in [0.15, 0.2) is 30.6 Å². The fraction of sp³-hybridized carbons (Fsp3) is 0.250. The number of fused-ring (bicyclic) bond motifs is 1. The van der Waals surface area contributed by atoms with Gasteiger partial charge in [0.15, 0.2) is 0 Å². The fourth-order valence-corrected chi connectivity index (χ4v) is 2.46. The Kier molecular flexibility index (Phi) is 3.03. The Hall–Kier alpha value is -2.20. The third-order valence-corrected chi connectivity index (χ3v) is 3.62. The van der Waals surface area contributed by atoms with E-state index in [2.05, 4.69) is 42.0 Å². The Morgan fingerprint density at radius 2 is 1.95 bits per heavy atom. The van der Waals surface area contributed by atoms with Gasteiger partial charge in [-0.1, -0.05) is 23.8 Å². The summed E-state index contributed by atoms with van der Waals surface area (Å²) in [5, 5.41) is 0. The lowest BCUT2D eigenvalue weighted by Crippen LogP contribution is -1.97. The predicted octanol–water partition coefficient (Wildman–Crippen LogP) is 2.78. The summed E-state index contributed by atoms with van der Waals surface area (Å²) in [6.07, 6.45) is 3.87. The number of nitrogens with two attached hydrogens (primary N) is 1. The van der Waals surface area contributed by atoms with Crippen molar-refractivity contribution in [2.24, 2.45) is 5.73 Å². The molecule has 4 nitrogen and oxygen atoms in total. The molecule has 3 aromatic rings. The molecule has 0 amide bonds. The third kappa shape index (κ3) is 1.98. The van der Waals surface area contributed by atoms with E-state index in [9.17, 15) is 0 Å². The van der Waals surface area contributed by atoms with Crippen LogP contribution >= 0.6 is 0 Å². The van der Waals surface area contributed by atoms with Crippen molar-refractivity contribution in [3.05, 3.63) is 53.2 Å². The first-order chi connectivity index (χ1) is 9.60. The molecule has 4 heteroatoms. The molecule has 2 N–H and O–H groups in total. The smallest absolute Gasteiger partial charge is 0.147 e. The van der Waals surface area contributed by atoms with Gasteiger partial charge in [0.2, 0.25) is 0 Å². The molecule has 0 bridgehead atoms. The van der Waals surface area contributed by atoms with E-state index < -0.39 is 0 Å². The van der Waals surface area contributed by atoms with E-state index in [1.807, 2.05) is 23.7 Å². The maximum atomic E-state index is 5.71. The van der Waals surface area contributed by atoms with Crippen LogP contribution in [0.25, 0.3) is 16.8 Å². The summed E-state index contributed by atoms with van der Waals surface area (Å²) in [6, 6.07) is 6.43. The van der Waals surface area contributed by atoms with Gasteiger partial charge < -0.3 is 5.73 Å². The first-order valence-electron chi connectivity index (χ1n) is 6.71. The SMILES string of the molecule is Cc1ccc(C)c(-c2cnc(C)n3cc(CN)nc23)c1. The highest BCUT2D eigenvalue weighted by Gasteiger charge is 2.12. The summed E-state index contributed by atoms with van der Waals surface area (Å²) in [4.78, 5) is 9.12. The van der Waals surface area contributed by atoms with Gasteiger partial charge in [-0.15, -0.1) is 0 Å². The third-order valence-electron chi connectivity index (χ3n) is 3.62. The Bertz CT molecular complexity index is 787. The number of rotatable bonds is 2. The highest BCUT2D eigenvalue weighted by Crippen LogP contribution is 2.28. The van der Waals surface area contributed by atoms with Crippen LogP contribution in [0.1, 0.15) is 22.6 Å². The molecule has 2 heterocycles. The summed E-state index contributed by atoms with van der Waals surface area (Å²) >= 11 is 0. The molecule has 0 unspecified atom stereocenters. The number of benzene rings is 1. The topological polar surface area (TPSA) is 56.2 Å². The molecule has 20 heavy (non-hydrogen) atoms. The molecule has 0 spiro atoms. The van der Waals surface area contributed by atoms with Crippen LogP contribution in [0.5, 0.6) is 0 Å². The number of aryl methyl sites for hydroxylation is 3. The maximum absolute atomic E-state index is 5.71. The van der Waals surface area contributed by atoms with Gasteiger partial charge in [-0.05, 0) is 31.9 Å². The minimum absolute atomic E-state index is 0.438. The monoisotopic (exact) mass is 266 g/mol. The van der Waals surface area contributed by atoms with Gasteiger partial charge >= 0.3 is 0 Å². The molecule has 2 aromatic heterocycles. The quantitative estimate of drug-likeness (QED) is 0.776. The standard InChI is InChI=1S/C16H18N4/c1-10-4-5-11(2)14(6-10)15-8-18-12(3)20-9-13(7-17)19-16(15)20/h4-6,8-9H,7,17H2,1-3H3. The molecule has 0 saturated carbocycles. The van der Waals surface area contributed by atoms with Crippen molar-refractivity contribution in [3.8, 4) is 11.1 Å². The summed E-state index contributed by atoms with van der Waals surface area (Å²) in [7, 11) is 0. The zero-order valence-electron chi connectivity index (χ0n) is 12.0. The number of aromatic nitrogens is 3. The van der Waals surface area contributed by atoms with Crippen molar-refractivity contribution in [2.75, 3.05) is 0 Å². The van der Waals surface area contributed by atoms with Crippen molar-refractivity contribution >= 4 is 5.65 Å². The largest absolute Gasteiger partial charge is 0.325 e. The lowest BCUT2D eigenvalue weighted by Gasteiger charge is -2.09. The number of hydrogen-bond donors (Lipinski definition) is 1. The van der Waals surface area contributed by atoms with Crippen LogP contribution in [0.4, 0.5) is 0 Å². The van der Waals surface area contributed by atoms with Gasteiger partial charge in [-0.3, -0.25) is 4.40 Å². The highest BCUT2D eigenvalue weighted by molar-refractivity contribution is 5.79. The van der Waals surface area contributed by atoms with Gasteiger partial charge in [-0.25, -0.2) is 9.97 Å².